The minimum Gasteiger partial charge on any atom is -0.478 e. The third-order valence-electron chi connectivity index (χ3n) is 1.80. The number of aliphatic hydroxyl groups excluding tert-OH is 2. The Morgan fingerprint density at radius 2 is 2.31 bits per heavy atom. The Morgan fingerprint density at radius 3 is 2.88 bits per heavy atom. The minimum atomic E-state index is -1.33. The third-order valence-corrected chi connectivity index (χ3v) is 1.80. The molecular weight excluding hydrogens is 219 g/mol. The van der Waals surface area contributed by atoms with Crippen molar-refractivity contribution in [2.75, 3.05) is 18.5 Å². The average Bonchev–Trinajstić information content (AvgIpc) is 2.26. The number of aliphatic hydroxyl groups is 2. The monoisotopic (exact) mass is 230 g/mol. The van der Waals surface area contributed by atoms with E-state index in [1.54, 1.807) is 0 Å². The van der Waals surface area contributed by atoms with Crippen LogP contribution in [0.1, 0.15) is 10.4 Å². The number of carbonyl (C=O) groups is 1. The molecule has 0 saturated heterocycles. The number of rotatable bonds is 5. The van der Waals surface area contributed by atoms with Gasteiger partial charge in [0, 0.05) is 6.54 Å². The number of aromatic nitrogens is 1. The van der Waals surface area contributed by atoms with E-state index in [9.17, 15) is 9.18 Å². The topological polar surface area (TPSA) is 103 Å². The van der Waals surface area contributed by atoms with Gasteiger partial charge in [0.05, 0.1) is 18.9 Å². The summed E-state index contributed by atoms with van der Waals surface area (Å²) >= 11 is 0. The number of nitrogens with one attached hydrogen (secondary N) is 1. The molecule has 0 radical (unpaired) electrons. The number of hydrogen-bond acceptors (Lipinski definition) is 5. The first kappa shape index (κ1) is 12.3. The summed E-state index contributed by atoms with van der Waals surface area (Å²) in [5, 5.41) is 28.8. The van der Waals surface area contributed by atoms with Crippen molar-refractivity contribution < 1.29 is 24.5 Å². The first-order valence-electron chi connectivity index (χ1n) is 4.46. The molecule has 0 aliphatic rings. The summed E-state index contributed by atoms with van der Waals surface area (Å²) in [4.78, 5) is 14.3. The molecule has 0 spiro atoms. The molecular formula is C9H11FN2O4. The van der Waals surface area contributed by atoms with E-state index in [0.29, 0.717) is 0 Å². The molecule has 88 valence electrons. The molecule has 1 heterocycles. The number of aromatic carboxylic acids is 1. The number of carboxylic acid groups (broad SMARTS) is 1. The predicted molar refractivity (Wildman–Crippen MR) is 52.7 cm³/mol. The Hall–Kier alpha value is -1.73. The first-order valence-corrected chi connectivity index (χ1v) is 4.46. The second kappa shape index (κ2) is 5.38. The maximum atomic E-state index is 12.7. The Morgan fingerprint density at radius 1 is 1.62 bits per heavy atom. The summed E-state index contributed by atoms with van der Waals surface area (Å²) in [5.41, 5.74) is -0.329. The SMILES string of the molecule is O=C(O)c1cc(F)cnc1NCC(O)CO. The van der Waals surface area contributed by atoms with Crippen molar-refractivity contribution in [3.05, 3.63) is 23.6 Å². The van der Waals surface area contributed by atoms with Crippen molar-refractivity contribution in [2.45, 2.75) is 6.10 Å². The summed E-state index contributed by atoms with van der Waals surface area (Å²) in [7, 11) is 0. The van der Waals surface area contributed by atoms with Gasteiger partial charge in [-0.15, -0.1) is 0 Å². The van der Waals surface area contributed by atoms with Crippen molar-refractivity contribution in [1.82, 2.24) is 4.98 Å². The fourth-order valence-electron chi connectivity index (χ4n) is 1.02. The number of anilines is 1. The van der Waals surface area contributed by atoms with Gasteiger partial charge in [-0.1, -0.05) is 0 Å². The summed E-state index contributed by atoms with van der Waals surface area (Å²) < 4.78 is 12.7. The number of hydrogen-bond donors (Lipinski definition) is 4. The molecule has 1 aromatic rings. The summed E-state index contributed by atoms with van der Waals surface area (Å²) in [6, 6.07) is 0.822. The smallest absolute Gasteiger partial charge is 0.339 e. The number of carboxylic acids is 1. The van der Waals surface area contributed by atoms with Gasteiger partial charge in [0.15, 0.2) is 0 Å². The van der Waals surface area contributed by atoms with E-state index >= 15 is 0 Å². The fraction of sp³-hybridized carbons (Fsp3) is 0.333. The lowest BCUT2D eigenvalue weighted by Gasteiger charge is -2.11. The number of pyridine rings is 1. The van der Waals surface area contributed by atoms with Crippen LogP contribution in [0, 0.1) is 5.82 Å². The quantitative estimate of drug-likeness (QED) is 0.553. The lowest BCUT2D eigenvalue weighted by Crippen LogP contribution is -2.24. The zero-order valence-electron chi connectivity index (χ0n) is 8.22. The molecule has 1 rings (SSSR count). The van der Waals surface area contributed by atoms with Crippen molar-refractivity contribution in [1.29, 1.82) is 0 Å². The van der Waals surface area contributed by atoms with Gasteiger partial charge in [0.25, 0.3) is 0 Å². The van der Waals surface area contributed by atoms with Gasteiger partial charge in [-0.05, 0) is 6.07 Å². The van der Waals surface area contributed by atoms with E-state index in [1.807, 2.05) is 0 Å². The van der Waals surface area contributed by atoms with E-state index in [1.165, 1.54) is 0 Å². The number of nitrogens with zero attached hydrogens (tertiary/aromatic N) is 1. The first-order chi connectivity index (χ1) is 7.54. The average molecular weight is 230 g/mol. The van der Waals surface area contributed by atoms with Crippen molar-refractivity contribution in [3.63, 3.8) is 0 Å². The Bertz CT molecular complexity index is 386. The van der Waals surface area contributed by atoms with Gasteiger partial charge in [-0.25, -0.2) is 14.2 Å². The minimum absolute atomic E-state index is 0.0543. The highest BCUT2D eigenvalue weighted by Gasteiger charge is 2.13. The third kappa shape index (κ3) is 3.14. The maximum absolute atomic E-state index is 12.7. The molecule has 16 heavy (non-hydrogen) atoms. The van der Waals surface area contributed by atoms with Crippen LogP contribution in [-0.4, -0.2) is 45.5 Å². The largest absolute Gasteiger partial charge is 0.478 e. The van der Waals surface area contributed by atoms with Crippen molar-refractivity contribution in [2.24, 2.45) is 0 Å². The molecule has 0 fully saturated rings. The van der Waals surface area contributed by atoms with E-state index in [2.05, 4.69) is 10.3 Å². The molecule has 4 N–H and O–H groups in total. The highest BCUT2D eigenvalue weighted by atomic mass is 19.1. The number of halogens is 1. The van der Waals surface area contributed by atoms with Crippen LogP contribution in [0.2, 0.25) is 0 Å². The van der Waals surface area contributed by atoms with E-state index in [0.717, 1.165) is 12.3 Å². The van der Waals surface area contributed by atoms with Gasteiger partial charge in [0.1, 0.15) is 17.2 Å². The highest BCUT2D eigenvalue weighted by molar-refractivity contribution is 5.93. The van der Waals surface area contributed by atoms with Gasteiger partial charge < -0.3 is 20.6 Å². The van der Waals surface area contributed by atoms with Crippen molar-refractivity contribution in [3.8, 4) is 0 Å². The molecule has 7 heteroatoms. The van der Waals surface area contributed by atoms with Crippen LogP contribution < -0.4 is 5.32 Å². The molecule has 1 atom stereocenters. The molecule has 6 nitrogen and oxygen atoms in total. The summed E-state index contributed by atoms with van der Waals surface area (Å²) in [5.74, 6) is -2.14. The fourth-order valence-corrected chi connectivity index (χ4v) is 1.02. The van der Waals surface area contributed by atoms with Gasteiger partial charge in [-0.2, -0.15) is 0 Å². The zero-order valence-corrected chi connectivity index (χ0v) is 8.22. The standard InChI is InChI=1S/C9H11FN2O4/c10-5-1-7(9(15)16)8(11-2-5)12-3-6(14)4-13/h1-2,6,13-14H,3-4H2,(H,11,12)(H,15,16). The van der Waals surface area contributed by atoms with Crippen LogP contribution in [0.4, 0.5) is 10.2 Å². The van der Waals surface area contributed by atoms with Gasteiger partial charge in [0.2, 0.25) is 0 Å². The lowest BCUT2D eigenvalue weighted by molar-refractivity contribution is 0.0696. The van der Waals surface area contributed by atoms with Gasteiger partial charge >= 0.3 is 5.97 Å². The summed E-state index contributed by atoms with van der Waals surface area (Å²) in [6.45, 7) is -0.536. The molecule has 0 saturated carbocycles. The second-order valence-corrected chi connectivity index (χ2v) is 3.07. The van der Waals surface area contributed by atoms with Crippen LogP contribution in [-0.2, 0) is 0 Å². The predicted octanol–water partition coefficient (Wildman–Crippen LogP) is -0.316. The Kier molecular flexibility index (Phi) is 4.15. The molecule has 1 unspecified atom stereocenters. The lowest BCUT2D eigenvalue weighted by atomic mass is 10.2. The van der Waals surface area contributed by atoms with Crippen LogP contribution in [0.15, 0.2) is 12.3 Å². The molecule has 0 aromatic carbocycles. The summed E-state index contributed by atoms with van der Waals surface area (Å²) in [6.07, 6.45) is -0.173. The molecule has 0 bridgehead atoms. The highest BCUT2D eigenvalue weighted by Crippen LogP contribution is 2.13. The molecule has 0 aliphatic heterocycles. The molecule has 1 aromatic heterocycles. The molecule has 0 amide bonds. The van der Waals surface area contributed by atoms with Crippen LogP contribution >= 0.6 is 0 Å². The van der Waals surface area contributed by atoms with E-state index in [4.69, 9.17) is 15.3 Å². The molecule has 0 aliphatic carbocycles. The Labute approximate surface area is 90.4 Å². The second-order valence-electron chi connectivity index (χ2n) is 3.07. The Balaban J connectivity index is 2.82. The zero-order chi connectivity index (χ0) is 12.1. The van der Waals surface area contributed by atoms with Crippen molar-refractivity contribution >= 4 is 11.8 Å². The van der Waals surface area contributed by atoms with Crippen LogP contribution in [0.25, 0.3) is 0 Å². The van der Waals surface area contributed by atoms with E-state index < -0.39 is 24.5 Å². The van der Waals surface area contributed by atoms with E-state index in [-0.39, 0.29) is 17.9 Å². The van der Waals surface area contributed by atoms with Crippen LogP contribution in [0.3, 0.4) is 0 Å². The van der Waals surface area contributed by atoms with Gasteiger partial charge in [-0.3, -0.25) is 0 Å². The normalized spacial score (nSPS) is 12.2. The van der Waals surface area contributed by atoms with Crippen LogP contribution in [0.5, 0.6) is 0 Å². The maximum Gasteiger partial charge on any atom is 0.339 e.